The number of fused-ring (bicyclic) bond motifs is 2. The van der Waals surface area contributed by atoms with Crippen molar-refractivity contribution in [1.29, 1.82) is 0 Å². The van der Waals surface area contributed by atoms with Crippen LogP contribution in [0.3, 0.4) is 0 Å². The highest BCUT2D eigenvalue weighted by Crippen LogP contribution is 2.41. The lowest BCUT2D eigenvalue weighted by atomic mass is 9.83. The van der Waals surface area contributed by atoms with E-state index < -0.39 is 5.60 Å². The van der Waals surface area contributed by atoms with Crippen LogP contribution in [0.2, 0.25) is 0 Å². The number of likely N-dealkylation sites (tertiary alicyclic amines) is 1. The van der Waals surface area contributed by atoms with Gasteiger partial charge in [0.05, 0.1) is 17.9 Å². The fourth-order valence-electron chi connectivity index (χ4n) is 4.75. The monoisotopic (exact) mass is 430 g/mol. The number of pyridine rings is 1. The van der Waals surface area contributed by atoms with Crippen LogP contribution >= 0.6 is 0 Å². The van der Waals surface area contributed by atoms with Crippen LogP contribution in [0.4, 0.5) is 0 Å². The zero-order chi connectivity index (χ0) is 22.1. The van der Waals surface area contributed by atoms with Crippen molar-refractivity contribution in [2.24, 2.45) is 0 Å². The summed E-state index contributed by atoms with van der Waals surface area (Å²) in [4.78, 5) is 39.0. The van der Waals surface area contributed by atoms with Crippen molar-refractivity contribution >= 4 is 5.91 Å². The Bertz CT molecular complexity index is 1200. The molecule has 1 spiro atoms. The predicted molar refractivity (Wildman–Crippen MR) is 120 cm³/mol. The molecule has 1 fully saturated rings. The third-order valence-corrected chi connectivity index (χ3v) is 6.52. The molecule has 1 aromatic carbocycles. The fourth-order valence-corrected chi connectivity index (χ4v) is 4.75. The Morgan fingerprint density at radius 2 is 1.94 bits per heavy atom. The number of ether oxygens (including phenoxy) is 1. The summed E-state index contributed by atoms with van der Waals surface area (Å²) in [6.07, 6.45) is 4.69. The van der Waals surface area contributed by atoms with Gasteiger partial charge in [0.1, 0.15) is 5.60 Å². The number of aryl methyl sites for hydroxylation is 1. The van der Waals surface area contributed by atoms with Crippen LogP contribution < -0.4 is 5.56 Å². The fraction of sp³-hybridized carbons (Fsp3) is 0.360. The Balaban J connectivity index is 1.40. The van der Waals surface area contributed by atoms with Gasteiger partial charge in [-0.2, -0.15) is 0 Å². The SMILES string of the molecule is CCc1[nH]c(=O)ccc1C(=O)N1CCC2(CC1)OCCc1cnc(-c3ccccc3)nc12. The standard InChI is InChI=1S/C25H26N4O3/c1-2-20-19(8-9-21(30)27-20)24(31)29-13-11-25(12-14-29)22-18(10-15-32-25)16-26-23(28-22)17-6-4-3-5-7-17/h3-9,16H,2,10-15H2,1H3,(H,27,30). The lowest BCUT2D eigenvalue weighted by Crippen LogP contribution is -2.49. The molecule has 0 radical (unpaired) electrons. The third-order valence-electron chi connectivity index (χ3n) is 6.52. The molecule has 1 N–H and O–H groups in total. The normalized spacial score (nSPS) is 17.2. The van der Waals surface area contributed by atoms with Crippen LogP contribution in [0.1, 0.15) is 47.1 Å². The van der Waals surface area contributed by atoms with E-state index in [9.17, 15) is 9.59 Å². The first-order valence-electron chi connectivity index (χ1n) is 11.2. The molecular weight excluding hydrogens is 404 g/mol. The Labute approximate surface area is 186 Å². The van der Waals surface area contributed by atoms with Gasteiger partial charge in [0, 0.05) is 36.6 Å². The molecule has 32 heavy (non-hydrogen) atoms. The van der Waals surface area contributed by atoms with Crippen LogP contribution in [0.5, 0.6) is 0 Å². The number of hydrogen-bond acceptors (Lipinski definition) is 5. The van der Waals surface area contributed by atoms with Crippen LogP contribution in [0, 0.1) is 0 Å². The third kappa shape index (κ3) is 3.62. The van der Waals surface area contributed by atoms with Crippen molar-refractivity contribution in [3.8, 4) is 11.4 Å². The quantitative estimate of drug-likeness (QED) is 0.690. The van der Waals surface area contributed by atoms with Gasteiger partial charge in [-0.3, -0.25) is 9.59 Å². The molecule has 0 bridgehead atoms. The molecule has 1 amide bonds. The molecule has 1 saturated heterocycles. The average molecular weight is 431 g/mol. The number of carbonyl (C=O) groups excluding carboxylic acids is 1. The summed E-state index contributed by atoms with van der Waals surface area (Å²) < 4.78 is 6.34. The van der Waals surface area contributed by atoms with Gasteiger partial charge in [0.25, 0.3) is 5.91 Å². The molecular formula is C25H26N4O3. The summed E-state index contributed by atoms with van der Waals surface area (Å²) in [5, 5.41) is 0. The van der Waals surface area contributed by atoms with Crippen molar-refractivity contribution in [3.63, 3.8) is 0 Å². The smallest absolute Gasteiger partial charge is 0.255 e. The molecule has 0 atom stereocenters. The van der Waals surface area contributed by atoms with Crippen LogP contribution in [0.25, 0.3) is 11.4 Å². The van der Waals surface area contributed by atoms with Crippen molar-refractivity contribution in [3.05, 3.63) is 81.5 Å². The number of aromatic nitrogens is 3. The molecule has 4 heterocycles. The molecule has 2 aromatic heterocycles. The molecule has 0 saturated carbocycles. The Morgan fingerprint density at radius 3 is 2.69 bits per heavy atom. The molecule has 7 heteroatoms. The summed E-state index contributed by atoms with van der Waals surface area (Å²) in [7, 11) is 0. The van der Waals surface area contributed by atoms with Crippen LogP contribution in [0.15, 0.2) is 53.5 Å². The Hall–Kier alpha value is -3.32. The zero-order valence-electron chi connectivity index (χ0n) is 18.1. The largest absolute Gasteiger partial charge is 0.368 e. The lowest BCUT2D eigenvalue weighted by molar-refractivity contribution is -0.0967. The minimum absolute atomic E-state index is 0.0448. The van der Waals surface area contributed by atoms with Crippen molar-refractivity contribution in [1.82, 2.24) is 19.9 Å². The van der Waals surface area contributed by atoms with E-state index in [-0.39, 0.29) is 11.5 Å². The topological polar surface area (TPSA) is 88.2 Å². The van der Waals surface area contributed by atoms with E-state index in [1.807, 2.05) is 48.4 Å². The first kappa shape index (κ1) is 20.6. The summed E-state index contributed by atoms with van der Waals surface area (Å²) in [6.45, 7) is 3.72. The second kappa shape index (κ2) is 8.31. The molecule has 7 nitrogen and oxygen atoms in total. The number of nitrogens with zero attached hydrogens (tertiary/aromatic N) is 3. The Kier molecular flexibility index (Phi) is 5.35. The maximum Gasteiger partial charge on any atom is 0.255 e. The highest BCUT2D eigenvalue weighted by Gasteiger charge is 2.43. The molecule has 2 aliphatic heterocycles. The van der Waals surface area contributed by atoms with Crippen molar-refractivity contribution in [2.45, 2.75) is 38.2 Å². The zero-order valence-corrected chi connectivity index (χ0v) is 18.1. The van der Waals surface area contributed by atoms with Gasteiger partial charge >= 0.3 is 0 Å². The lowest BCUT2D eigenvalue weighted by Gasteiger charge is -2.44. The van der Waals surface area contributed by atoms with E-state index in [2.05, 4.69) is 9.97 Å². The highest BCUT2D eigenvalue weighted by molar-refractivity contribution is 5.95. The van der Waals surface area contributed by atoms with Gasteiger partial charge in [0.2, 0.25) is 5.56 Å². The number of nitrogens with one attached hydrogen (secondary N) is 1. The number of carbonyl (C=O) groups is 1. The number of hydrogen-bond donors (Lipinski definition) is 1. The second-order valence-corrected chi connectivity index (χ2v) is 8.39. The molecule has 2 aliphatic rings. The number of amides is 1. The number of piperidine rings is 1. The van der Waals surface area contributed by atoms with Gasteiger partial charge in [-0.15, -0.1) is 0 Å². The van der Waals surface area contributed by atoms with E-state index in [1.165, 1.54) is 6.07 Å². The molecule has 5 rings (SSSR count). The molecule has 0 aliphatic carbocycles. The molecule has 3 aromatic rings. The summed E-state index contributed by atoms with van der Waals surface area (Å²) >= 11 is 0. The summed E-state index contributed by atoms with van der Waals surface area (Å²) in [5.74, 6) is 0.658. The highest BCUT2D eigenvalue weighted by atomic mass is 16.5. The minimum atomic E-state index is -0.491. The maximum atomic E-state index is 13.2. The molecule has 164 valence electrons. The van der Waals surface area contributed by atoms with Crippen LogP contribution in [-0.2, 0) is 23.2 Å². The first-order valence-corrected chi connectivity index (χ1v) is 11.2. The van der Waals surface area contributed by atoms with Gasteiger partial charge in [-0.25, -0.2) is 9.97 Å². The number of benzene rings is 1. The van der Waals surface area contributed by atoms with E-state index in [0.29, 0.717) is 56.0 Å². The van der Waals surface area contributed by atoms with E-state index in [1.54, 1.807) is 6.07 Å². The number of H-pyrrole nitrogens is 1. The average Bonchev–Trinajstić information content (AvgIpc) is 2.84. The number of aromatic amines is 1. The predicted octanol–water partition coefficient (Wildman–Crippen LogP) is 3.10. The van der Waals surface area contributed by atoms with Gasteiger partial charge in [-0.05, 0) is 37.3 Å². The van der Waals surface area contributed by atoms with E-state index in [4.69, 9.17) is 9.72 Å². The molecule has 0 unspecified atom stereocenters. The van der Waals surface area contributed by atoms with Crippen molar-refractivity contribution in [2.75, 3.05) is 19.7 Å². The van der Waals surface area contributed by atoms with E-state index >= 15 is 0 Å². The van der Waals surface area contributed by atoms with E-state index in [0.717, 1.165) is 23.2 Å². The summed E-state index contributed by atoms with van der Waals surface area (Å²) in [5.41, 5.74) is 3.65. The Morgan fingerprint density at radius 1 is 1.16 bits per heavy atom. The van der Waals surface area contributed by atoms with Crippen molar-refractivity contribution < 1.29 is 9.53 Å². The van der Waals surface area contributed by atoms with Gasteiger partial charge < -0.3 is 14.6 Å². The van der Waals surface area contributed by atoms with Crippen LogP contribution in [-0.4, -0.2) is 45.5 Å². The first-order chi connectivity index (χ1) is 15.6. The maximum absolute atomic E-state index is 13.2. The van der Waals surface area contributed by atoms with Gasteiger partial charge in [-0.1, -0.05) is 37.3 Å². The summed E-state index contributed by atoms with van der Waals surface area (Å²) in [6, 6.07) is 13.0. The second-order valence-electron chi connectivity index (χ2n) is 8.39. The van der Waals surface area contributed by atoms with Gasteiger partial charge in [0.15, 0.2) is 5.82 Å². The number of rotatable bonds is 3. The minimum Gasteiger partial charge on any atom is -0.368 e.